The molecule has 1 saturated heterocycles. The number of anilines is 2. The fraction of sp³-hybridized carbons (Fsp3) is 0.292. The lowest BCUT2D eigenvalue weighted by Crippen LogP contribution is -2.40. The van der Waals surface area contributed by atoms with Gasteiger partial charge in [0.2, 0.25) is 11.8 Å². The van der Waals surface area contributed by atoms with Crippen molar-refractivity contribution in [3.05, 3.63) is 76.4 Å². The molecule has 160 valence electrons. The van der Waals surface area contributed by atoms with E-state index in [1.54, 1.807) is 30.3 Å². The number of imide groups is 1. The molecule has 2 saturated carbocycles. The van der Waals surface area contributed by atoms with E-state index in [9.17, 15) is 24.5 Å². The number of non-ortho nitro benzene ring substituents is 1. The van der Waals surface area contributed by atoms with E-state index in [0.717, 1.165) is 6.42 Å². The molecule has 3 fully saturated rings. The van der Waals surface area contributed by atoms with Crippen LogP contribution in [0, 0.1) is 45.6 Å². The van der Waals surface area contributed by atoms with Crippen LogP contribution >= 0.6 is 0 Å². The van der Waals surface area contributed by atoms with Gasteiger partial charge in [-0.05, 0) is 60.4 Å². The van der Waals surface area contributed by atoms with Gasteiger partial charge in [-0.2, -0.15) is 0 Å². The Morgan fingerprint density at radius 3 is 2.19 bits per heavy atom. The summed E-state index contributed by atoms with van der Waals surface area (Å²) in [6.07, 6.45) is 5.39. The summed E-state index contributed by atoms with van der Waals surface area (Å²) in [4.78, 5) is 50.6. The maximum Gasteiger partial charge on any atom is 0.271 e. The third-order valence-corrected chi connectivity index (χ3v) is 7.37. The summed E-state index contributed by atoms with van der Waals surface area (Å²) < 4.78 is 0. The first-order chi connectivity index (χ1) is 15.4. The number of nitrogens with zero attached hydrogens (tertiary/aromatic N) is 2. The van der Waals surface area contributed by atoms with Crippen molar-refractivity contribution in [1.29, 1.82) is 0 Å². The molecule has 8 heteroatoms. The number of carbonyl (C=O) groups excluding carboxylic acids is 3. The van der Waals surface area contributed by atoms with Crippen LogP contribution in [0.2, 0.25) is 0 Å². The van der Waals surface area contributed by atoms with E-state index in [2.05, 4.69) is 17.5 Å². The molecule has 0 aromatic heterocycles. The van der Waals surface area contributed by atoms with Crippen molar-refractivity contribution in [2.24, 2.45) is 35.5 Å². The highest BCUT2D eigenvalue weighted by atomic mass is 16.6. The van der Waals surface area contributed by atoms with Crippen molar-refractivity contribution in [2.45, 2.75) is 6.42 Å². The van der Waals surface area contributed by atoms with Crippen molar-refractivity contribution in [1.82, 2.24) is 0 Å². The number of nitrogens with one attached hydrogen (secondary N) is 1. The molecule has 2 aromatic carbocycles. The molecule has 0 radical (unpaired) electrons. The Kier molecular flexibility index (Phi) is 3.90. The molecule has 32 heavy (non-hydrogen) atoms. The van der Waals surface area contributed by atoms with Crippen LogP contribution in [0.5, 0.6) is 0 Å². The normalized spacial score (nSPS) is 31.3. The van der Waals surface area contributed by atoms with E-state index in [4.69, 9.17) is 0 Å². The topological polar surface area (TPSA) is 110 Å². The lowest BCUT2D eigenvalue weighted by Gasteiger charge is -2.37. The van der Waals surface area contributed by atoms with Crippen molar-refractivity contribution in [3.8, 4) is 0 Å². The van der Waals surface area contributed by atoms with Crippen LogP contribution in [0.15, 0.2) is 60.7 Å². The number of benzene rings is 2. The number of nitro benzene ring substituents is 1. The van der Waals surface area contributed by atoms with Gasteiger partial charge in [-0.15, -0.1) is 0 Å². The van der Waals surface area contributed by atoms with Crippen LogP contribution in [0.25, 0.3) is 0 Å². The fourth-order valence-corrected chi connectivity index (χ4v) is 5.87. The average molecular weight is 429 g/mol. The van der Waals surface area contributed by atoms with Crippen LogP contribution in [0.1, 0.15) is 16.8 Å². The molecule has 3 amide bonds. The second kappa shape index (κ2) is 6.59. The first-order valence-corrected chi connectivity index (χ1v) is 10.7. The molecule has 7 rings (SSSR count). The van der Waals surface area contributed by atoms with Gasteiger partial charge in [0.1, 0.15) is 0 Å². The summed E-state index contributed by atoms with van der Waals surface area (Å²) in [6, 6.07) is 12.0. The molecule has 6 atom stereocenters. The number of hydrogen-bond donors (Lipinski definition) is 1. The molecule has 1 aliphatic heterocycles. The molecular weight excluding hydrogens is 410 g/mol. The van der Waals surface area contributed by atoms with Gasteiger partial charge in [0.15, 0.2) is 0 Å². The highest BCUT2D eigenvalue weighted by Gasteiger charge is 2.67. The lowest BCUT2D eigenvalue weighted by molar-refractivity contribution is -0.384. The smallest absolute Gasteiger partial charge is 0.271 e. The minimum Gasteiger partial charge on any atom is -0.322 e. The highest BCUT2D eigenvalue weighted by Crippen LogP contribution is 2.65. The van der Waals surface area contributed by atoms with Gasteiger partial charge in [-0.1, -0.05) is 18.2 Å². The lowest BCUT2D eigenvalue weighted by atomic mass is 9.63. The summed E-state index contributed by atoms with van der Waals surface area (Å²) >= 11 is 0. The predicted molar refractivity (Wildman–Crippen MR) is 115 cm³/mol. The first kappa shape index (κ1) is 18.9. The zero-order chi connectivity index (χ0) is 22.1. The predicted octanol–water partition coefficient (Wildman–Crippen LogP) is 3.40. The van der Waals surface area contributed by atoms with E-state index in [1.807, 2.05) is 0 Å². The Morgan fingerprint density at radius 2 is 1.59 bits per heavy atom. The second-order valence-electron chi connectivity index (χ2n) is 8.97. The van der Waals surface area contributed by atoms with Gasteiger partial charge >= 0.3 is 0 Å². The number of carbonyl (C=O) groups is 3. The average Bonchev–Trinajstić information content (AvgIpc) is 3.57. The molecule has 2 aromatic rings. The summed E-state index contributed by atoms with van der Waals surface area (Å²) in [5.74, 6) is 0.166. The van der Waals surface area contributed by atoms with Crippen LogP contribution in [-0.2, 0) is 9.59 Å². The Balaban J connectivity index is 1.21. The first-order valence-electron chi connectivity index (χ1n) is 10.7. The summed E-state index contributed by atoms with van der Waals surface area (Å²) in [5, 5.41) is 13.5. The zero-order valence-electron chi connectivity index (χ0n) is 16.9. The number of allylic oxidation sites excluding steroid dienone is 2. The van der Waals surface area contributed by atoms with E-state index in [1.165, 1.54) is 23.1 Å². The van der Waals surface area contributed by atoms with Crippen LogP contribution in [-0.4, -0.2) is 22.6 Å². The van der Waals surface area contributed by atoms with Gasteiger partial charge in [0, 0.05) is 23.4 Å². The highest BCUT2D eigenvalue weighted by molar-refractivity contribution is 6.22. The summed E-state index contributed by atoms with van der Waals surface area (Å²) in [7, 11) is 0. The second-order valence-corrected chi connectivity index (χ2v) is 8.97. The van der Waals surface area contributed by atoms with Gasteiger partial charge in [0.05, 0.1) is 22.4 Å². The Morgan fingerprint density at radius 1 is 0.969 bits per heavy atom. The largest absolute Gasteiger partial charge is 0.322 e. The third-order valence-electron chi connectivity index (χ3n) is 7.37. The van der Waals surface area contributed by atoms with Crippen molar-refractivity contribution < 1.29 is 19.3 Å². The maximum absolute atomic E-state index is 13.2. The van der Waals surface area contributed by atoms with Crippen LogP contribution < -0.4 is 10.2 Å². The van der Waals surface area contributed by atoms with Crippen LogP contribution in [0.3, 0.4) is 0 Å². The van der Waals surface area contributed by atoms with E-state index in [-0.39, 0.29) is 41.2 Å². The zero-order valence-corrected chi connectivity index (χ0v) is 16.9. The van der Waals surface area contributed by atoms with Crippen molar-refractivity contribution in [2.75, 3.05) is 10.2 Å². The van der Waals surface area contributed by atoms with Gasteiger partial charge in [0.25, 0.3) is 11.6 Å². The molecular formula is C24H19N3O5. The number of hydrogen-bond acceptors (Lipinski definition) is 5. The fourth-order valence-electron chi connectivity index (χ4n) is 5.87. The minimum atomic E-state index is -0.530. The molecule has 4 aliphatic carbocycles. The van der Waals surface area contributed by atoms with Gasteiger partial charge < -0.3 is 5.32 Å². The molecule has 0 unspecified atom stereocenters. The minimum absolute atomic E-state index is 0.119. The molecule has 5 aliphatic rings. The van der Waals surface area contributed by atoms with E-state index < -0.39 is 10.8 Å². The Bertz CT molecular complexity index is 1180. The number of rotatable bonds is 4. The molecule has 0 spiro atoms. The van der Waals surface area contributed by atoms with Crippen molar-refractivity contribution >= 4 is 34.8 Å². The molecule has 1 heterocycles. The number of nitro groups is 1. The molecule has 8 nitrogen and oxygen atoms in total. The molecule has 1 N–H and O–H groups in total. The van der Waals surface area contributed by atoms with E-state index >= 15 is 0 Å². The Labute approximate surface area is 183 Å². The standard InChI is InChI=1S/C24H19N3O5/c28-22(25-13-2-1-3-15(10-13)27(31)32)12-4-6-14(7-5-12)26-23(29)20-16-8-9-17(19-11-18(16)19)21(20)24(26)30/h1-10,16-21H,11H2,(H,25,28)/t16-,17-,18-,19+,20+,21+/m0/s1. The summed E-state index contributed by atoms with van der Waals surface area (Å²) in [5.41, 5.74) is 0.977. The monoisotopic (exact) mass is 429 g/mol. The van der Waals surface area contributed by atoms with Crippen molar-refractivity contribution in [3.63, 3.8) is 0 Å². The quantitative estimate of drug-likeness (QED) is 0.347. The SMILES string of the molecule is O=C(Nc1cccc([N+](=O)[O-])c1)c1ccc(N2C(=O)[C@@H]3[C@H]4C=C[C@@H]([C@@H]5C[C@H]45)[C@H]3C2=O)cc1. The van der Waals surface area contributed by atoms with Gasteiger partial charge in [-0.25, -0.2) is 0 Å². The maximum atomic E-state index is 13.2. The Hall–Kier alpha value is -3.81. The molecule has 2 bridgehead atoms. The summed E-state index contributed by atoms with van der Waals surface area (Å²) in [6.45, 7) is 0. The number of amides is 3. The van der Waals surface area contributed by atoms with Crippen LogP contribution in [0.4, 0.5) is 17.1 Å². The third kappa shape index (κ3) is 2.65. The van der Waals surface area contributed by atoms with Gasteiger partial charge in [-0.3, -0.25) is 29.4 Å². The van der Waals surface area contributed by atoms with E-state index in [0.29, 0.717) is 28.8 Å².